The van der Waals surface area contributed by atoms with Gasteiger partial charge in [0.2, 0.25) is 0 Å². The van der Waals surface area contributed by atoms with Gasteiger partial charge in [0.05, 0.1) is 16.3 Å². The second kappa shape index (κ2) is 8.63. The fraction of sp³-hybridized carbons (Fsp3) is 0.364. The van der Waals surface area contributed by atoms with E-state index in [2.05, 4.69) is 49.5 Å². The number of benzene rings is 2. The van der Waals surface area contributed by atoms with E-state index in [9.17, 15) is 4.79 Å². The molecular formula is C22H28N3OS+. The van der Waals surface area contributed by atoms with Crippen molar-refractivity contribution < 1.29 is 10.1 Å². The van der Waals surface area contributed by atoms with E-state index in [-0.39, 0.29) is 18.0 Å². The van der Waals surface area contributed by atoms with Crippen molar-refractivity contribution in [1.29, 1.82) is 0 Å². The second-order valence-electron chi connectivity index (χ2n) is 7.32. The standard InChI is InChI=1S/C22H27N3OS/c1-15(2)21(17-10-6-5-7-11-17)23-14-20(26)25(4)16(3)22-24-18-12-8-9-13-19(18)27-22/h5-13,15-16,21,23H,14H2,1-4H3/p+1/t16-,21+/m0/s1. The van der Waals surface area contributed by atoms with E-state index in [4.69, 9.17) is 4.98 Å². The highest BCUT2D eigenvalue weighted by molar-refractivity contribution is 7.18. The molecule has 0 saturated carbocycles. The lowest BCUT2D eigenvalue weighted by Crippen LogP contribution is -2.88. The molecule has 0 aliphatic heterocycles. The molecule has 0 saturated heterocycles. The molecule has 1 amide bonds. The smallest absolute Gasteiger partial charge is 0.278 e. The van der Waals surface area contributed by atoms with Crippen LogP contribution in [0.1, 0.15) is 43.4 Å². The zero-order chi connectivity index (χ0) is 19.4. The Bertz CT molecular complexity index is 858. The third-order valence-electron chi connectivity index (χ3n) is 5.09. The number of aromatic nitrogens is 1. The average Bonchev–Trinajstić information content (AvgIpc) is 3.11. The summed E-state index contributed by atoms with van der Waals surface area (Å²) in [5.41, 5.74) is 2.27. The Kier molecular flexibility index (Phi) is 6.24. The van der Waals surface area contributed by atoms with Crippen LogP contribution in [-0.2, 0) is 4.79 Å². The van der Waals surface area contributed by atoms with E-state index in [0.717, 1.165) is 15.2 Å². The van der Waals surface area contributed by atoms with Crippen LogP contribution < -0.4 is 5.32 Å². The van der Waals surface area contributed by atoms with Gasteiger partial charge in [0.25, 0.3) is 5.91 Å². The minimum Gasteiger partial charge on any atom is -0.332 e. The maximum absolute atomic E-state index is 12.8. The highest BCUT2D eigenvalue weighted by Crippen LogP contribution is 2.28. The second-order valence-corrected chi connectivity index (χ2v) is 8.38. The van der Waals surface area contributed by atoms with Gasteiger partial charge < -0.3 is 10.2 Å². The zero-order valence-corrected chi connectivity index (χ0v) is 17.2. The van der Waals surface area contributed by atoms with Gasteiger partial charge in [-0.25, -0.2) is 4.98 Å². The van der Waals surface area contributed by atoms with Crippen molar-refractivity contribution in [1.82, 2.24) is 9.88 Å². The van der Waals surface area contributed by atoms with E-state index in [1.54, 1.807) is 11.3 Å². The average molecular weight is 383 g/mol. The van der Waals surface area contributed by atoms with Gasteiger partial charge in [-0.15, -0.1) is 11.3 Å². The molecule has 2 N–H and O–H groups in total. The lowest BCUT2D eigenvalue weighted by molar-refractivity contribution is -0.692. The molecule has 142 valence electrons. The molecule has 0 bridgehead atoms. The summed E-state index contributed by atoms with van der Waals surface area (Å²) in [4.78, 5) is 19.3. The number of thiazole rings is 1. The largest absolute Gasteiger partial charge is 0.332 e. The molecule has 3 rings (SSSR count). The van der Waals surface area contributed by atoms with Crippen molar-refractivity contribution in [2.75, 3.05) is 13.6 Å². The fourth-order valence-corrected chi connectivity index (χ4v) is 4.35. The topological polar surface area (TPSA) is 49.8 Å². The van der Waals surface area contributed by atoms with Crippen molar-refractivity contribution >= 4 is 27.5 Å². The molecule has 2 atom stereocenters. The van der Waals surface area contributed by atoms with Gasteiger partial charge in [-0.3, -0.25) is 4.79 Å². The Morgan fingerprint density at radius 1 is 1.07 bits per heavy atom. The summed E-state index contributed by atoms with van der Waals surface area (Å²) < 4.78 is 1.16. The maximum atomic E-state index is 12.8. The molecule has 5 heteroatoms. The summed E-state index contributed by atoms with van der Waals surface area (Å²) in [5.74, 6) is 0.579. The van der Waals surface area contributed by atoms with E-state index in [1.165, 1.54) is 5.56 Å². The number of amides is 1. The lowest BCUT2D eigenvalue weighted by atomic mass is 9.96. The van der Waals surface area contributed by atoms with Gasteiger partial charge in [-0.05, 0) is 19.1 Å². The number of fused-ring (bicyclic) bond motifs is 1. The quantitative estimate of drug-likeness (QED) is 0.676. The minimum absolute atomic E-state index is 0.0301. The fourth-order valence-electron chi connectivity index (χ4n) is 3.29. The van der Waals surface area contributed by atoms with Gasteiger partial charge in [-0.2, -0.15) is 0 Å². The molecule has 2 aromatic carbocycles. The third kappa shape index (κ3) is 4.54. The number of hydrogen-bond acceptors (Lipinski definition) is 3. The number of likely N-dealkylation sites (N-methyl/N-ethyl adjacent to an activating group) is 1. The number of rotatable bonds is 7. The summed E-state index contributed by atoms with van der Waals surface area (Å²) in [6.07, 6.45) is 0. The Balaban J connectivity index is 1.65. The lowest BCUT2D eigenvalue weighted by Gasteiger charge is -2.25. The Morgan fingerprint density at radius 2 is 1.74 bits per heavy atom. The molecule has 0 aliphatic carbocycles. The van der Waals surface area contributed by atoms with Crippen LogP contribution >= 0.6 is 11.3 Å². The molecule has 0 radical (unpaired) electrons. The van der Waals surface area contributed by atoms with Crippen molar-refractivity contribution in [2.24, 2.45) is 5.92 Å². The van der Waals surface area contributed by atoms with Crippen molar-refractivity contribution in [3.8, 4) is 0 Å². The SMILES string of the molecule is CC(C)[C@@H]([NH2+]CC(=O)N(C)[C@@H](C)c1nc2ccccc2s1)c1ccccc1. The number of para-hydroxylation sites is 1. The van der Waals surface area contributed by atoms with Crippen LogP contribution in [0.15, 0.2) is 54.6 Å². The van der Waals surface area contributed by atoms with Gasteiger partial charge in [-0.1, -0.05) is 56.3 Å². The first-order valence-electron chi connectivity index (χ1n) is 9.46. The molecule has 0 fully saturated rings. The van der Waals surface area contributed by atoms with E-state index < -0.39 is 0 Å². The first kappa shape index (κ1) is 19.5. The van der Waals surface area contributed by atoms with Crippen molar-refractivity contribution in [2.45, 2.75) is 32.9 Å². The zero-order valence-electron chi connectivity index (χ0n) is 16.4. The number of hydrogen-bond donors (Lipinski definition) is 1. The molecule has 1 aromatic heterocycles. The molecular weight excluding hydrogens is 354 g/mol. The Morgan fingerprint density at radius 3 is 2.41 bits per heavy atom. The summed E-state index contributed by atoms with van der Waals surface area (Å²) in [7, 11) is 1.87. The van der Waals surface area contributed by atoms with E-state index in [1.807, 2.05) is 43.1 Å². The Labute approximate surface area is 165 Å². The van der Waals surface area contributed by atoms with Crippen LogP contribution in [0, 0.1) is 5.92 Å². The summed E-state index contributed by atoms with van der Waals surface area (Å²) in [5, 5.41) is 3.14. The van der Waals surface area contributed by atoms with Crippen LogP contribution in [0.5, 0.6) is 0 Å². The number of nitrogens with two attached hydrogens (primary N) is 1. The highest BCUT2D eigenvalue weighted by Gasteiger charge is 2.25. The summed E-state index contributed by atoms with van der Waals surface area (Å²) in [6.45, 7) is 6.88. The Hall–Kier alpha value is -2.24. The maximum Gasteiger partial charge on any atom is 0.278 e. The van der Waals surface area contributed by atoms with Gasteiger partial charge in [0, 0.05) is 18.5 Å². The predicted molar refractivity (Wildman–Crippen MR) is 112 cm³/mol. The monoisotopic (exact) mass is 382 g/mol. The number of nitrogens with zero attached hydrogens (tertiary/aromatic N) is 2. The molecule has 27 heavy (non-hydrogen) atoms. The number of carbonyl (C=O) groups is 1. The molecule has 3 aromatic rings. The molecule has 0 aliphatic rings. The van der Waals surface area contributed by atoms with Gasteiger partial charge in [0.15, 0.2) is 6.54 Å². The third-order valence-corrected chi connectivity index (χ3v) is 6.30. The van der Waals surface area contributed by atoms with E-state index >= 15 is 0 Å². The highest BCUT2D eigenvalue weighted by atomic mass is 32.1. The van der Waals surface area contributed by atoms with E-state index in [0.29, 0.717) is 12.5 Å². The molecule has 0 unspecified atom stereocenters. The van der Waals surface area contributed by atoms with Gasteiger partial charge >= 0.3 is 0 Å². The first-order valence-corrected chi connectivity index (χ1v) is 10.3. The van der Waals surface area contributed by atoms with Crippen molar-refractivity contribution in [3.05, 3.63) is 65.2 Å². The van der Waals surface area contributed by atoms with Crippen LogP contribution in [0.4, 0.5) is 0 Å². The van der Waals surface area contributed by atoms with Crippen molar-refractivity contribution in [3.63, 3.8) is 0 Å². The predicted octanol–water partition coefficient (Wildman–Crippen LogP) is 3.78. The molecule has 4 nitrogen and oxygen atoms in total. The minimum atomic E-state index is -0.0301. The number of quaternary nitrogens is 1. The summed E-state index contributed by atoms with van der Waals surface area (Å²) >= 11 is 1.66. The number of carbonyl (C=O) groups excluding carboxylic acids is 1. The van der Waals surface area contributed by atoms with Crippen LogP contribution in [0.3, 0.4) is 0 Å². The molecule has 1 heterocycles. The van der Waals surface area contributed by atoms with Gasteiger partial charge in [0.1, 0.15) is 11.0 Å². The van der Waals surface area contributed by atoms with Crippen LogP contribution in [-0.4, -0.2) is 29.4 Å². The normalized spacial score (nSPS) is 13.7. The summed E-state index contributed by atoms with van der Waals surface area (Å²) in [6, 6.07) is 18.8. The first-order chi connectivity index (χ1) is 13.0. The molecule has 0 spiro atoms. The van der Waals surface area contributed by atoms with Crippen LogP contribution in [0.25, 0.3) is 10.2 Å². The van der Waals surface area contributed by atoms with Crippen LogP contribution in [0.2, 0.25) is 0 Å².